The van der Waals surface area contributed by atoms with Gasteiger partial charge in [0.1, 0.15) is 11.6 Å². The molecule has 0 fully saturated rings. The van der Waals surface area contributed by atoms with E-state index in [1.54, 1.807) is 6.08 Å². The van der Waals surface area contributed by atoms with Crippen molar-refractivity contribution in [2.24, 2.45) is 5.73 Å². The lowest BCUT2D eigenvalue weighted by Crippen LogP contribution is -2.13. The van der Waals surface area contributed by atoms with Crippen molar-refractivity contribution in [3.63, 3.8) is 0 Å². The molecule has 0 aliphatic carbocycles. The van der Waals surface area contributed by atoms with Gasteiger partial charge in [-0.25, -0.2) is 8.78 Å². The summed E-state index contributed by atoms with van der Waals surface area (Å²) in [6.45, 7) is 3.49. The van der Waals surface area contributed by atoms with Crippen molar-refractivity contribution in [3.8, 4) is 0 Å². The molecule has 1 aromatic rings. The molecule has 1 aromatic carbocycles. The molecule has 1 rings (SSSR count). The van der Waals surface area contributed by atoms with E-state index >= 15 is 0 Å². The summed E-state index contributed by atoms with van der Waals surface area (Å²) in [6.07, 6.45) is 2.00. The summed E-state index contributed by atoms with van der Waals surface area (Å²) in [6, 6.07) is 1.36. The highest BCUT2D eigenvalue weighted by Gasteiger charge is 2.13. The van der Waals surface area contributed by atoms with E-state index < -0.39 is 17.7 Å². The van der Waals surface area contributed by atoms with Crippen LogP contribution >= 0.6 is 0 Å². The second-order valence-electron chi connectivity index (χ2n) is 3.02. The second kappa shape index (κ2) is 4.19. The molecule has 0 radical (unpaired) electrons. The van der Waals surface area contributed by atoms with Crippen LogP contribution in [0.25, 0.3) is 0 Å². The largest absolute Gasteiger partial charge is 0.396 e. The van der Waals surface area contributed by atoms with Gasteiger partial charge in [0, 0.05) is 12.1 Å². The summed E-state index contributed by atoms with van der Waals surface area (Å²) < 4.78 is 25.8. The molecule has 0 aliphatic heterocycles. The standard InChI is InChI=1S/C10H12F2N2/c1-2-3-9(13)7-4-6(11)5-8(12)10(7)14/h2,4-5,9H,1,3,13-14H2. The average Bonchev–Trinajstić information content (AvgIpc) is 2.11. The van der Waals surface area contributed by atoms with Crippen molar-refractivity contribution in [1.82, 2.24) is 0 Å². The van der Waals surface area contributed by atoms with Gasteiger partial charge in [-0.05, 0) is 18.1 Å². The first kappa shape index (κ1) is 10.7. The van der Waals surface area contributed by atoms with E-state index in [0.29, 0.717) is 6.42 Å². The topological polar surface area (TPSA) is 52.0 Å². The van der Waals surface area contributed by atoms with Crippen molar-refractivity contribution < 1.29 is 8.78 Å². The molecular weight excluding hydrogens is 186 g/mol. The number of hydrogen-bond donors (Lipinski definition) is 2. The minimum absolute atomic E-state index is 0.0965. The molecule has 76 valence electrons. The molecule has 4 heteroatoms. The van der Waals surface area contributed by atoms with Gasteiger partial charge in [0.05, 0.1) is 5.69 Å². The third kappa shape index (κ3) is 2.09. The molecule has 4 N–H and O–H groups in total. The van der Waals surface area contributed by atoms with Gasteiger partial charge < -0.3 is 11.5 Å². The highest BCUT2D eigenvalue weighted by atomic mass is 19.1. The van der Waals surface area contributed by atoms with Crippen LogP contribution in [-0.4, -0.2) is 0 Å². The van der Waals surface area contributed by atoms with Crippen LogP contribution in [0, 0.1) is 11.6 Å². The Balaban J connectivity index is 3.12. The van der Waals surface area contributed by atoms with Crippen LogP contribution in [0.1, 0.15) is 18.0 Å². The summed E-state index contributed by atoms with van der Waals surface area (Å²) in [5.74, 6) is -1.45. The molecule has 1 unspecified atom stereocenters. The third-order valence-electron chi connectivity index (χ3n) is 1.95. The zero-order valence-electron chi connectivity index (χ0n) is 7.63. The average molecular weight is 198 g/mol. The van der Waals surface area contributed by atoms with Crippen molar-refractivity contribution in [2.45, 2.75) is 12.5 Å². The number of benzene rings is 1. The van der Waals surface area contributed by atoms with Crippen LogP contribution < -0.4 is 11.5 Å². The van der Waals surface area contributed by atoms with Gasteiger partial charge >= 0.3 is 0 Å². The number of rotatable bonds is 3. The second-order valence-corrected chi connectivity index (χ2v) is 3.02. The molecule has 0 saturated carbocycles. The van der Waals surface area contributed by atoms with E-state index in [0.717, 1.165) is 12.1 Å². The fourth-order valence-corrected chi connectivity index (χ4v) is 1.22. The van der Waals surface area contributed by atoms with Crippen molar-refractivity contribution in [1.29, 1.82) is 0 Å². The van der Waals surface area contributed by atoms with E-state index in [1.807, 2.05) is 0 Å². The molecule has 0 amide bonds. The van der Waals surface area contributed by atoms with Crippen LogP contribution in [0.4, 0.5) is 14.5 Å². The minimum atomic E-state index is -0.778. The molecule has 0 spiro atoms. The van der Waals surface area contributed by atoms with Crippen LogP contribution in [-0.2, 0) is 0 Å². The van der Waals surface area contributed by atoms with E-state index in [-0.39, 0.29) is 11.3 Å². The van der Waals surface area contributed by atoms with Gasteiger partial charge in [0.15, 0.2) is 0 Å². The van der Waals surface area contributed by atoms with Crippen LogP contribution in [0.2, 0.25) is 0 Å². The molecule has 0 aliphatic rings. The number of anilines is 1. The number of halogens is 2. The minimum Gasteiger partial charge on any atom is -0.396 e. The predicted octanol–water partition coefficient (Wildman–Crippen LogP) is 2.12. The van der Waals surface area contributed by atoms with Crippen LogP contribution in [0.15, 0.2) is 24.8 Å². The number of nitrogens with two attached hydrogens (primary N) is 2. The van der Waals surface area contributed by atoms with Crippen LogP contribution in [0.3, 0.4) is 0 Å². The van der Waals surface area contributed by atoms with Crippen LogP contribution in [0.5, 0.6) is 0 Å². The van der Waals surface area contributed by atoms with Gasteiger partial charge in [-0.1, -0.05) is 6.08 Å². The lowest BCUT2D eigenvalue weighted by atomic mass is 10.0. The maximum atomic E-state index is 13.0. The maximum absolute atomic E-state index is 13.0. The first-order valence-corrected chi connectivity index (χ1v) is 4.17. The van der Waals surface area contributed by atoms with E-state index in [1.165, 1.54) is 0 Å². The van der Waals surface area contributed by atoms with Crippen molar-refractivity contribution in [3.05, 3.63) is 42.0 Å². The smallest absolute Gasteiger partial charge is 0.149 e. The van der Waals surface area contributed by atoms with Gasteiger partial charge in [-0.2, -0.15) is 0 Å². The zero-order chi connectivity index (χ0) is 10.7. The zero-order valence-corrected chi connectivity index (χ0v) is 7.63. The molecule has 0 heterocycles. The quantitative estimate of drug-likeness (QED) is 0.577. The van der Waals surface area contributed by atoms with Gasteiger partial charge in [-0.15, -0.1) is 6.58 Å². The fraction of sp³-hybridized carbons (Fsp3) is 0.200. The van der Waals surface area contributed by atoms with Gasteiger partial charge in [0.25, 0.3) is 0 Å². The molecule has 0 aromatic heterocycles. The van der Waals surface area contributed by atoms with Crippen molar-refractivity contribution >= 4 is 5.69 Å². The summed E-state index contributed by atoms with van der Waals surface area (Å²) in [7, 11) is 0. The Bertz CT molecular complexity index is 350. The predicted molar refractivity (Wildman–Crippen MR) is 52.5 cm³/mol. The lowest BCUT2D eigenvalue weighted by Gasteiger charge is -2.12. The molecule has 1 atom stereocenters. The Morgan fingerprint density at radius 2 is 2.07 bits per heavy atom. The Morgan fingerprint density at radius 1 is 1.43 bits per heavy atom. The Labute approximate surface area is 81.2 Å². The molecule has 14 heavy (non-hydrogen) atoms. The summed E-state index contributed by atoms with van der Waals surface area (Å²) >= 11 is 0. The van der Waals surface area contributed by atoms with Crippen molar-refractivity contribution in [2.75, 3.05) is 5.73 Å². The lowest BCUT2D eigenvalue weighted by molar-refractivity contribution is 0.577. The van der Waals surface area contributed by atoms with E-state index in [2.05, 4.69) is 6.58 Å². The van der Waals surface area contributed by atoms with Gasteiger partial charge in [-0.3, -0.25) is 0 Å². The highest BCUT2D eigenvalue weighted by molar-refractivity contribution is 5.50. The summed E-state index contributed by atoms with van der Waals surface area (Å²) in [5, 5.41) is 0. The van der Waals surface area contributed by atoms with E-state index in [4.69, 9.17) is 11.5 Å². The first-order chi connectivity index (χ1) is 6.56. The molecule has 2 nitrogen and oxygen atoms in total. The first-order valence-electron chi connectivity index (χ1n) is 4.17. The normalized spacial score (nSPS) is 12.5. The fourth-order valence-electron chi connectivity index (χ4n) is 1.22. The Morgan fingerprint density at radius 3 is 2.64 bits per heavy atom. The SMILES string of the molecule is C=CCC(N)c1cc(F)cc(F)c1N. The Hall–Kier alpha value is -1.42. The summed E-state index contributed by atoms with van der Waals surface area (Å²) in [4.78, 5) is 0. The monoisotopic (exact) mass is 198 g/mol. The van der Waals surface area contributed by atoms with Gasteiger partial charge in [0.2, 0.25) is 0 Å². The number of nitrogen functional groups attached to an aromatic ring is 1. The number of hydrogen-bond acceptors (Lipinski definition) is 2. The highest BCUT2D eigenvalue weighted by Crippen LogP contribution is 2.25. The Kier molecular flexibility index (Phi) is 3.19. The third-order valence-corrected chi connectivity index (χ3v) is 1.95. The van der Waals surface area contributed by atoms with E-state index in [9.17, 15) is 8.78 Å². The molecular formula is C10H12F2N2. The summed E-state index contributed by atoms with van der Waals surface area (Å²) in [5.41, 5.74) is 11.3. The molecule has 0 saturated heterocycles. The maximum Gasteiger partial charge on any atom is 0.149 e. The molecule has 0 bridgehead atoms.